The first-order valence-electron chi connectivity index (χ1n) is 4.92. The Balaban J connectivity index is 2.41. The van der Waals surface area contributed by atoms with Crippen LogP contribution in [0, 0.1) is 13.8 Å². The van der Waals surface area contributed by atoms with Crippen LogP contribution >= 0.6 is 27.3 Å². The summed E-state index contributed by atoms with van der Waals surface area (Å²) in [4.78, 5) is 4.45. The van der Waals surface area contributed by atoms with Gasteiger partial charge in [0.1, 0.15) is 5.82 Å². The van der Waals surface area contributed by atoms with Crippen LogP contribution < -0.4 is 5.73 Å². The minimum atomic E-state index is 0.0648. The summed E-state index contributed by atoms with van der Waals surface area (Å²) in [5, 5.41) is 7.51. The highest BCUT2D eigenvalue weighted by atomic mass is 79.9. The van der Waals surface area contributed by atoms with E-state index >= 15 is 0 Å². The second-order valence-corrected chi connectivity index (χ2v) is 5.55. The second kappa shape index (κ2) is 4.18. The molecule has 0 aliphatic heterocycles. The van der Waals surface area contributed by atoms with E-state index in [1.165, 1.54) is 0 Å². The van der Waals surface area contributed by atoms with Gasteiger partial charge in [-0.15, -0.1) is 11.3 Å². The van der Waals surface area contributed by atoms with Crippen LogP contribution in [0.15, 0.2) is 9.85 Å². The van der Waals surface area contributed by atoms with E-state index in [-0.39, 0.29) is 6.04 Å². The number of nitrogens with zero attached hydrogens (tertiary/aromatic N) is 3. The lowest BCUT2D eigenvalue weighted by Gasteiger charge is -2.11. The molecule has 4 nitrogen and oxygen atoms in total. The molecule has 1 unspecified atom stereocenters. The largest absolute Gasteiger partial charge is 0.383 e. The normalized spacial score (nSPS) is 13.0. The molecule has 0 aromatic carbocycles. The summed E-state index contributed by atoms with van der Waals surface area (Å²) < 4.78 is 2.67. The fourth-order valence-electron chi connectivity index (χ4n) is 1.54. The molecule has 16 heavy (non-hydrogen) atoms. The average molecular weight is 301 g/mol. The van der Waals surface area contributed by atoms with Crippen LogP contribution in [-0.4, -0.2) is 14.8 Å². The van der Waals surface area contributed by atoms with Crippen molar-refractivity contribution in [2.45, 2.75) is 26.8 Å². The fraction of sp³-hybridized carbons (Fsp3) is 0.400. The first-order valence-corrected chi connectivity index (χ1v) is 6.60. The molecule has 0 bridgehead atoms. The van der Waals surface area contributed by atoms with Crippen LogP contribution in [-0.2, 0) is 0 Å². The van der Waals surface area contributed by atoms with Crippen molar-refractivity contribution in [3.8, 4) is 0 Å². The standard InChI is InChI=1S/C10H13BrN4S/c1-5-9(11)10(12)15(14-5)6(2)8-4-16-7(3)13-8/h4,6H,12H2,1-3H3. The zero-order valence-corrected chi connectivity index (χ0v) is 11.8. The lowest BCUT2D eigenvalue weighted by molar-refractivity contribution is 0.557. The maximum absolute atomic E-state index is 5.98. The Morgan fingerprint density at radius 3 is 2.62 bits per heavy atom. The molecule has 0 aliphatic rings. The molecule has 2 rings (SSSR count). The minimum absolute atomic E-state index is 0.0648. The lowest BCUT2D eigenvalue weighted by atomic mass is 10.3. The third kappa shape index (κ3) is 1.87. The fourth-order valence-corrected chi connectivity index (χ4v) is 2.50. The molecule has 2 N–H and O–H groups in total. The number of halogens is 1. The molecule has 0 saturated heterocycles. The highest BCUT2D eigenvalue weighted by Crippen LogP contribution is 2.28. The molecular formula is C10H13BrN4S. The quantitative estimate of drug-likeness (QED) is 0.928. The van der Waals surface area contributed by atoms with E-state index in [1.54, 1.807) is 16.0 Å². The van der Waals surface area contributed by atoms with Gasteiger partial charge < -0.3 is 5.73 Å². The van der Waals surface area contributed by atoms with Gasteiger partial charge in [0.15, 0.2) is 0 Å². The van der Waals surface area contributed by atoms with Gasteiger partial charge >= 0.3 is 0 Å². The van der Waals surface area contributed by atoms with Crippen LogP contribution in [0.1, 0.15) is 29.4 Å². The molecule has 0 aliphatic carbocycles. The Labute approximate surface area is 107 Å². The summed E-state index contributed by atoms with van der Waals surface area (Å²) in [6.45, 7) is 5.97. The molecular weight excluding hydrogens is 288 g/mol. The van der Waals surface area contributed by atoms with Crippen molar-refractivity contribution < 1.29 is 0 Å². The van der Waals surface area contributed by atoms with Gasteiger partial charge in [-0.1, -0.05) is 0 Å². The van der Waals surface area contributed by atoms with Crippen molar-refractivity contribution in [3.63, 3.8) is 0 Å². The van der Waals surface area contributed by atoms with Crippen molar-refractivity contribution in [3.05, 3.63) is 26.2 Å². The molecule has 2 aromatic rings. The van der Waals surface area contributed by atoms with E-state index in [9.17, 15) is 0 Å². The second-order valence-electron chi connectivity index (χ2n) is 3.70. The highest BCUT2D eigenvalue weighted by molar-refractivity contribution is 9.10. The number of rotatable bonds is 2. The molecule has 86 valence electrons. The first kappa shape index (κ1) is 11.6. The number of thiazole rings is 1. The lowest BCUT2D eigenvalue weighted by Crippen LogP contribution is -2.12. The summed E-state index contributed by atoms with van der Waals surface area (Å²) in [5.74, 6) is 0.649. The zero-order chi connectivity index (χ0) is 11.9. The van der Waals surface area contributed by atoms with Gasteiger partial charge in [0.2, 0.25) is 0 Å². The number of aryl methyl sites for hydroxylation is 2. The summed E-state index contributed by atoms with van der Waals surface area (Å²) >= 11 is 5.06. The van der Waals surface area contributed by atoms with Gasteiger partial charge in [0.25, 0.3) is 0 Å². The van der Waals surface area contributed by atoms with Gasteiger partial charge in [-0.05, 0) is 36.7 Å². The van der Waals surface area contributed by atoms with E-state index in [0.717, 1.165) is 20.9 Å². The van der Waals surface area contributed by atoms with Gasteiger partial charge in [-0.3, -0.25) is 0 Å². The Morgan fingerprint density at radius 2 is 2.19 bits per heavy atom. The number of hydrogen-bond donors (Lipinski definition) is 1. The summed E-state index contributed by atoms with van der Waals surface area (Å²) in [7, 11) is 0. The van der Waals surface area contributed by atoms with E-state index < -0.39 is 0 Å². The SMILES string of the molecule is Cc1nc(C(C)n2nc(C)c(Br)c2N)cs1. The first-order chi connectivity index (χ1) is 7.50. The molecule has 1 atom stereocenters. The van der Waals surface area contributed by atoms with Gasteiger partial charge in [0.05, 0.1) is 26.9 Å². The predicted octanol–water partition coefficient (Wildman–Crippen LogP) is 2.91. The van der Waals surface area contributed by atoms with Crippen molar-refractivity contribution in [1.29, 1.82) is 0 Å². The number of nitrogens with two attached hydrogens (primary N) is 1. The number of nitrogen functional groups attached to an aromatic ring is 1. The van der Waals surface area contributed by atoms with Crippen LogP contribution in [0.5, 0.6) is 0 Å². The van der Waals surface area contributed by atoms with Gasteiger partial charge in [0, 0.05) is 5.38 Å². The van der Waals surface area contributed by atoms with E-state index in [0.29, 0.717) is 5.82 Å². The van der Waals surface area contributed by atoms with Crippen molar-refractivity contribution in [2.75, 3.05) is 5.73 Å². The van der Waals surface area contributed by atoms with Crippen molar-refractivity contribution >= 4 is 33.1 Å². The average Bonchev–Trinajstić information content (AvgIpc) is 2.78. The Morgan fingerprint density at radius 1 is 1.50 bits per heavy atom. The van der Waals surface area contributed by atoms with Crippen LogP contribution in [0.4, 0.5) is 5.82 Å². The summed E-state index contributed by atoms with van der Waals surface area (Å²) in [6, 6.07) is 0.0648. The van der Waals surface area contributed by atoms with Crippen LogP contribution in [0.3, 0.4) is 0 Å². The smallest absolute Gasteiger partial charge is 0.137 e. The summed E-state index contributed by atoms with van der Waals surface area (Å²) in [6.07, 6.45) is 0. The molecule has 0 radical (unpaired) electrons. The van der Waals surface area contributed by atoms with Gasteiger partial charge in [-0.2, -0.15) is 5.10 Å². The number of hydrogen-bond acceptors (Lipinski definition) is 4. The number of aromatic nitrogens is 3. The predicted molar refractivity (Wildman–Crippen MR) is 69.7 cm³/mol. The monoisotopic (exact) mass is 300 g/mol. The third-order valence-corrected chi connectivity index (χ3v) is 4.25. The van der Waals surface area contributed by atoms with E-state index in [2.05, 4.69) is 26.0 Å². The zero-order valence-electron chi connectivity index (χ0n) is 9.36. The van der Waals surface area contributed by atoms with Crippen LogP contribution in [0.2, 0.25) is 0 Å². The maximum Gasteiger partial charge on any atom is 0.137 e. The van der Waals surface area contributed by atoms with Crippen molar-refractivity contribution in [1.82, 2.24) is 14.8 Å². The molecule has 2 aromatic heterocycles. The summed E-state index contributed by atoms with van der Waals surface area (Å²) in [5.41, 5.74) is 7.88. The topological polar surface area (TPSA) is 56.7 Å². The van der Waals surface area contributed by atoms with E-state index in [4.69, 9.17) is 5.73 Å². The molecule has 0 amide bonds. The highest BCUT2D eigenvalue weighted by Gasteiger charge is 2.17. The maximum atomic E-state index is 5.98. The van der Waals surface area contributed by atoms with Crippen LogP contribution in [0.25, 0.3) is 0 Å². The Kier molecular flexibility index (Phi) is 3.03. The minimum Gasteiger partial charge on any atom is -0.383 e. The number of anilines is 1. The van der Waals surface area contributed by atoms with Crippen molar-refractivity contribution in [2.24, 2.45) is 0 Å². The molecule has 0 spiro atoms. The molecule has 0 fully saturated rings. The molecule has 0 saturated carbocycles. The molecule has 2 heterocycles. The van der Waals surface area contributed by atoms with Gasteiger partial charge in [-0.25, -0.2) is 9.67 Å². The Hall–Kier alpha value is -0.880. The van der Waals surface area contributed by atoms with E-state index in [1.807, 2.05) is 26.2 Å². The Bertz CT molecular complexity index is 517. The third-order valence-electron chi connectivity index (χ3n) is 2.48. The molecule has 6 heteroatoms.